The number of hydrazine groups is 2. The van der Waals surface area contributed by atoms with Crippen molar-refractivity contribution < 1.29 is 5.11 Å². The molecule has 0 bridgehead atoms. The molecule has 0 saturated heterocycles. The molecule has 0 fully saturated rings. The van der Waals surface area contributed by atoms with E-state index < -0.39 is 0 Å². The number of benzene rings is 1. The zero-order valence-corrected chi connectivity index (χ0v) is 10.1. The van der Waals surface area contributed by atoms with Gasteiger partial charge in [0.2, 0.25) is 0 Å². The molecule has 4 heteroatoms. The number of aryl methyl sites for hydroxylation is 2. The standard InChI is InChI=1S/C13H19N3O/c1-11-10-13(17)6-5-12(11)4-2-3-8-16-9-7-14-15-16/h5-7,9-10,14-15,17H,2-4,8H2,1H3. The molecule has 0 radical (unpaired) electrons. The maximum absolute atomic E-state index is 9.32. The second kappa shape index (κ2) is 5.59. The van der Waals surface area contributed by atoms with Crippen LogP contribution in [-0.2, 0) is 6.42 Å². The van der Waals surface area contributed by atoms with Gasteiger partial charge in [0.1, 0.15) is 5.75 Å². The maximum Gasteiger partial charge on any atom is 0.115 e. The van der Waals surface area contributed by atoms with Crippen LogP contribution in [0, 0.1) is 6.92 Å². The lowest BCUT2D eigenvalue weighted by atomic mass is 10.0. The number of nitrogens with one attached hydrogen (secondary N) is 2. The van der Waals surface area contributed by atoms with Crippen LogP contribution in [0.2, 0.25) is 0 Å². The first-order valence-electron chi connectivity index (χ1n) is 5.99. The third-order valence-electron chi connectivity index (χ3n) is 2.97. The summed E-state index contributed by atoms with van der Waals surface area (Å²) in [4.78, 5) is 0. The molecule has 0 aliphatic carbocycles. The minimum atomic E-state index is 0.351. The Bertz CT molecular complexity index is 404. The van der Waals surface area contributed by atoms with E-state index in [-0.39, 0.29) is 0 Å². The smallest absolute Gasteiger partial charge is 0.115 e. The van der Waals surface area contributed by atoms with Gasteiger partial charge in [-0.15, -0.1) is 5.53 Å². The first-order valence-corrected chi connectivity index (χ1v) is 5.99. The summed E-state index contributed by atoms with van der Waals surface area (Å²) in [5.41, 5.74) is 8.42. The van der Waals surface area contributed by atoms with Crippen LogP contribution in [0.4, 0.5) is 0 Å². The minimum absolute atomic E-state index is 0.351. The Morgan fingerprint density at radius 1 is 1.29 bits per heavy atom. The Labute approximate surface area is 102 Å². The summed E-state index contributed by atoms with van der Waals surface area (Å²) in [7, 11) is 0. The first kappa shape index (κ1) is 11.8. The van der Waals surface area contributed by atoms with Crippen LogP contribution in [0.1, 0.15) is 24.0 Å². The lowest BCUT2D eigenvalue weighted by molar-refractivity contribution is 0.266. The van der Waals surface area contributed by atoms with Crippen molar-refractivity contribution in [2.75, 3.05) is 6.54 Å². The van der Waals surface area contributed by atoms with Crippen molar-refractivity contribution in [3.8, 4) is 5.75 Å². The summed E-state index contributed by atoms with van der Waals surface area (Å²) < 4.78 is 0. The highest BCUT2D eigenvalue weighted by Gasteiger charge is 2.03. The number of aromatic hydroxyl groups is 1. The Morgan fingerprint density at radius 2 is 2.18 bits per heavy atom. The number of unbranched alkanes of at least 4 members (excludes halogenated alkanes) is 1. The van der Waals surface area contributed by atoms with Gasteiger partial charge < -0.3 is 10.5 Å². The molecule has 1 aromatic rings. The number of hydrogen-bond acceptors (Lipinski definition) is 4. The summed E-state index contributed by atoms with van der Waals surface area (Å²) >= 11 is 0. The van der Waals surface area contributed by atoms with E-state index in [4.69, 9.17) is 0 Å². The zero-order valence-electron chi connectivity index (χ0n) is 10.1. The molecule has 1 aliphatic rings. The highest BCUT2D eigenvalue weighted by molar-refractivity contribution is 5.33. The Kier molecular flexibility index (Phi) is 3.88. The van der Waals surface area contributed by atoms with Gasteiger partial charge in [0.05, 0.1) is 0 Å². The van der Waals surface area contributed by atoms with Gasteiger partial charge in [0.15, 0.2) is 0 Å². The fourth-order valence-electron chi connectivity index (χ4n) is 1.97. The van der Waals surface area contributed by atoms with E-state index in [1.54, 1.807) is 6.07 Å². The van der Waals surface area contributed by atoms with Crippen LogP contribution in [0.5, 0.6) is 5.75 Å². The Hall–Kier alpha value is -1.68. The molecule has 1 aliphatic heterocycles. The number of hydrogen-bond donors (Lipinski definition) is 3. The molecule has 1 aromatic carbocycles. The SMILES string of the molecule is Cc1cc(O)ccc1CCCCN1C=CNN1. The van der Waals surface area contributed by atoms with Crippen molar-refractivity contribution in [1.29, 1.82) is 0 Å². The largest absolute Gasteiger partial charge is 0.508 e. The molecule has 0 atom stereocenters. The van der Waals surface area contributed by atoms with Crippen molar-refractivity contribution in [1.82, 2.24) is 16.0 Å². The summed E-state index contributed by atoms with van der Waals surface area (Å²) in [6.45, 7) is 3.05. The predicted octanol–water partition coefficient (Wildman–Crippen LogP) is 1.82. The third kappa shape index (κ3) is 3.39. The number of phenols is 1. The highest BCUT2D eigenvalue weighted by Crippen LogP contribution is 2.17. The van der Waals surface area contributed by atoms with Gasteiger partial charge in [-0.1, -0.05) is 6.07 Å². The van der Waals surface area contributed by atoms with Gasteiger partial charge in [0, 0.05) is 18.9 Å². The van der Waals surface area contributed by atoms with Gasteiger partial charge in [-0.05, 0) is 49.4 Å². The van der Waals surface area contributed by atoms with Crippen molar-refractivity contribution in [2.24, 2.45) is 0 Å². The van der Waals surface area contributed by atoms with E-state index in [1.165, 1.54) is 11.1 Å². The van der Waals surface area contributed by atoms with Gasteiger partial charge in [0.25, 0.3) is 0 Å². The average molecular weight is 233 g/mol. The van der Waals surface area contributed by atoms with Crippen LogP contribution in [0.15, 0.2) is 30.6 Å². The summed E-state index contributed by atoms with van der Waals surface area (Å²) in [6, 6.07) is 5.60. The lowest BCUT2D eigenvalue weighted by Crippen LogP contribution is -2.35. The number of phenolic OH excluding ortho intramolecular Hbond substituents is 1. The normalized spacial score (nSPS) is 14.1. The molecular weight excluding hydrogens is 214 g/mol. The van der Waals surface area contributed by atoms with Crippen LogP contribution in [0.25, 0.3) is 0 Å². The molecule has 0 spiro atoms. The molecule has 92 valence electrons. The summed E-state index contributed by atoms with van der Waals surface area (Å²) in [5, 5.41) is 11.4. The Morgan fingerprint density at radius 3 is 2.88 bits per heavy atom. The molecule has 0 unspecified atom stereocenters. The quantitative estimate of drug-likeness (QED) is 0.679. The monoisotopic (exact) mass is 233 g/mol. The molecule has 3 N–H and O–H groups in total. The fraction of sp³-hybridized carbons (Fsp3) is 0.385. The van der Waals surface area contributed by atoms with Crippen LogP contribution in [-0.4, -0.2) is 16.7 Å². The second-order valence-electron chi connectivity index (χ2n) is 4.33. The Balaban J connectivity index is 1.72. The van der Waals surface area contributed by atoms with Crippen molar-refractivity contribution in [3.63, 3.8) is 0 Å². The molecule has 0 saturated carbocycles. The van der Waals surface area contributed by atoms with E-state index in [9.17, 15) is 5.11 Å². The van der Waals surface area contributed by atoms with Crippen molar-refractivity contribution in [2.45, 2.75) is 26.2 Å². The number of nitrogens with zero attached hydrogens (tertiary/aromatic N) is 1. The third-order valence-corrected chi connectivity index (χ3v) is 2.97. The number of rotatable bonds is 5. The summed E-state index contributed by atoms with van der Waals surface area (Å²) in [5.74, 6) is 0.351. The van der Waals surface area contributed by atoms with E-state index in [0.717, 1.165) is 25.8 Å². The molecule has 0 aromatic heterocycles. The molecule has 2 rings (SSSR count). The average Bonchev–Trinajstić information content (AvgIpc) is 2.79. The summed E-state index contributed by atoms with van der Waals surface area (Å²) in [6.07, 6.45) is 7.23. The minimum Gasteiger partial charge on any atom is -0.508 e. The van der Waals surface area contributed by atoms with Gasteiger partial charge in [-0.25, -0.2) is 0 Å². The van der Waals surface area contributed by atoms with Crippen LogP contribution >= 0.6 is 0 Å². The first-order chi connectivity index (χ1) is 8.25. The van der Waals surface area contributed by atoms with E-state index >= 15 is 0 Å². The van der Waals surface area contributed by atoms with Crippen molar-refractivity contribution >= 4 is 0 Å². The van der Waals surface area contributed by atoms with Crippen LogP contribution < -0.4 is 11.0 Å². The lowest BCUT2D eigenvalue weighted by Gasteiger charge is -2.15. The topological polar surface area (TPSA) is 47.5 Å². The van der Waals surface area contributed by atoms with Gasteiger partial charge in [-0.3, -0.25) is 5.01 Å². The highest BCUT2D eigenvalue weighted by atomic mass is 16.3. The maximum atomic E-state index is 9.32. The molecule has 1 heterocycles. The zero-order chi connectivity index (χ0) is 12.1. The molecular formula is C13H19N3O. The van der Waals surface area contributed by atoms with E-state index in [0.29, 0.717) is 5.75 Å². The van der Waals surface area contributed by atoms with Crippen molar-refractivity contribution in [3.05, 3.63) is 41.7 Å². The van der Waals surface area contributed by atoms with Gasteiger partial charge >= 0.3 is 0 Å². The van der Waals surface area contributed by atoms with E-state index in [1.807, 2.05) is 36.5 Å². The second-order valence-corrected chi connectivity index (χ2v) is 4.33. The van der Waals surface area contributed by atoms with E-state index in [2.05, 4.69) is 11.0 Å². The molecule has 0 amide bonds. The van der Waals surface area contributed by atoms with Gasteiger partial charge in [-0.2, -0.15) is 0 Å². The predicted molar refractivity (Wildman–Crippen MR) is 67.9 cm³/mol. The fourth-order valence-corrected chi connectivity index (χ4v) is 1.97. The van der Waals surface area contributed by atoms with Crippen LogP contribution in [0.3, 0.4) is 0 Å². The molecule has 17 heavy (non-hydrogen) atoms. The molecule has 4 nitrogen and oxygen atoms in total.